The standard InChI is InChI=1S/C19H26N4O2.HI/c1-20-19(22-15-16-8-7-9-17(14-16)25-2)21-11-4-6-13-23-12-5-3-10-18(23)24;/h3,5,7-10,12,14H,4,6,11,13,15H2,1-2H3,(H2,20,21,22);1H. The summed E-state index contributed by atoms with van der Waals surface area (Å²) in [6, 6.07) is 13.2. The molecule has 0 bridgehead atoms. The van der Waals surface area contributed by atoms with Crippen molar-refractivity contribution in [1.82, 2.24) is 15.2 Å². The van der Waals surface area contributed by atoms with E-state index in [0.717, 1.165) is 43.2 Å². The number of nitrogens with zero attached hydrogens (tertiary/aromatic N) is 2. The number of guanidine groups is 1. The molecule has 0 spiro atoms. The molecule has 7 heteroatoms. The Morgan fingerprint density at radius 2 is 2.00 bits per heavy atom. The molecular formula is C19H27IN4O2. The molecule has 6 nitrogen and oxygen atoms in total. The minimum absolute atomic E-state index is 0. The molecule has 0 aliphatic carbocycles. The number of halogens is 1. The Kier molecular flexibility index (Phi) is 10.5. The Labute approximate surface area is 171 Å². The molecule has 0 radical (unpaired) electrons. The monoisotopic (exact) mass is 470 g/mol. The van der Waals surface area contributed by atoms with Gasteiger partial charge in [0.15, 0.2) is 5.96 Å². The predicted octanol–water partition coefficient (Wildman–Crippen LogP) is 2.62. The second kappa shape index (κ2) is 12.3. The third-order valence-corrected chi connectivity index (χ3v) is 3.83. The van der Waals surface area contributed by atoms with Gasteiger partial charge in [0.25, 0.3) is 0 Å². The molecule has 1 aromatic heterocycles. The number of benzene rings is 1. The number of unbranched alkanes of at least 4 members (excludes halogenated alkanes) is 1. The first kappa shape index (κ1) is 22.0. The molecule has 0 fully saturated rings. The zero-order valence-electron chi connectivity index (χ0n) is 15.3. The van der Waals surface area contributed by atoms with E-state index < -0.39 is 0 Å². The topological polar surface area (TPSA) is 67.7 Å². The van der Waals surface area contributed by atoms with Crippen molar-refractivity contribution in [2.75, 3.05) is 20.7 Å². The van der Waals surface area contributed by atoms with Crippen LogP contribution in [0.3, 0.4) is 0 Å². The molecule has 1 heterocycles. The Balaban J connectivity index is 0.00000338. The number of rotatable bonds is 8. The maximum absolute atomic E-state index is 11.6. The van der Waals surface area contributed by atoms with E-state index in [1.54, 1.807) is 30.9 Å². The van der Waals surface area contributed by atoms with Gasteiger partial charge in [0.1, 0.15) is 5.75 Å². The Bertz CT molecular complexity index is 746. The lowest BCUT2D eigenvalue weighted by Crippen LogP contribution is -2.37. The molecule has 0 amide bonds. The SMILES string of the molecule is CN=C(NCCCCn1ccccc1=O)NCc1cccc(OC)c1.I. The van der Waals surface area contributed by atoms with Crippen LogP contribution in [0.1, 0.15) is 18.4 Å². The quantitative estimate of drug-likeness (QED) is 0.270. The Morgan fingerprint density at radius 3 is 2.73 bits per heavy atom. The number of nitrogens with one attached hydrogen (secondary N) is 2. The number of aryl methyl sites for hydroxylation is 1. The minimum atomic E-state index is 0. The Hall–Kier alpha value is -2.03. The lowest BCUT2D eigenvalue weighted by molar-refractivity contribution is 0.414. The van der Waals surface area contributed by atoms with Gasteiger partial charge in [-0.05, 0) is 36.6 Å². The van der Waals surface area contributed by atoms with Crippen molar-refractivity contribution in [3.63, 3.8) is 0 Å². The predicted molar refractivity (Wildman–Crippen MR) is 117 cm³/mol. The number of methoxy groups -OCH3 is 1. The number of hydrogen-bond donors (Lipinski definition) is 2. The second-order valence-electron chi connectivity index (χ2n) is 5.64. The van der Waals surface area contributed by atoms with E-state index in [1.807, 2.05) is 36.5 Å². The minimum Gasteiger partial charge on any atom is -0.497 e. The fraction of sp³-hybridized carbons (Fsp3) is 0.368. The molecule has 2 aromatic rings. The molecule has 0 saturated carbocycles. The number of ether oxygens (including phenoxy) is 1. The third kappa shape index (κ3) is 7.47. The van der Waals surface area contributed by atoms with E-state index >= 15 is 0 Å². The van der Waals surface area contributed by atoms with Crippen LogP contribution in [0, 0.1) is 0 Å². The van der Waals surface area contributed by atoms with Crippen molar-refractivity contribution in [2.24, 2.45) is 4.99 Å². The summed E-state index contributed by atoms with van der Waals surface area (Å²) in [7, 11) is 3.42. The van der Waals surface area contributed by atoms with Crippen LogP contribution in [0.25, 0.3) is 0 Å². The summed E-state index contributed by atoms with van der Waals surface area (Å²) >= 11 is 0. The van der Waals surface area contributed by atoms with Crippen molar-refractivity contribution in [1.29, 1.82) is 0 Å². The molecule has 142 valence electrons. The first-order valence-corrected chi connectivity index (χ1v) is 8.46. The number of pyridine rings is 1. The summed E-state index contributed by atoms with van der Waals surface area (Å²) in [6.45, 7) is 2.22. The molecule has 0 aliphatic rings. The highest BCUT2D eigenvalue weighted by Crippen LogP contribution is 2.11. The van der Waals surface area contributed by atoms with Crippen LogP contribution in [-0.4, -0.2) is 31.2 Å². The van der Waals surface area contributed by atoms with Gasteiger partial charge in [0.05, 0.1) is 7.11 Å². The van der Waals surface area contributed by atoms with Gasteiger partial charge in [-0.25, -0.2) is 0 Å². The average molecular weight is 470 g/mol. The maximum Gasteiger partial charge on any atom is 0.250 e. The van der Waals surface area contributed by atoms with E-state index in [9.17, 15) is 4.79 Å². The molecule has 0 saturated heterocycles. The number of aromatic nitrogens is 1. The lowest BCUT2D eigenvalue weighted by atomic mass is 10.2. The van der Waals surface area contributed by atoms with Crippen molar-refractivity contribution in [2.45, 2.75) is 25.9 Å². The van der Waals surface area contributed by atoms with E-state index in [0.29, 0.717) is 6.54 Å². The Morgan fingerprint density at radius 1 is 1.15 bits per heavy atom. The molecule has 1 aromatic carbocycles. The summed E-state index contributed by atoms with van der Waals surface area (Å²) in [5.41, 5.74) is 1.18. The van der Waals surface area contributed by atoms with Gasteiger partial charge >= 0.3 is 0 Å². The summed E-state index contributed by atoms with van der Waals surface area (Å²) in [5, 5.41) is 6.57. The fourth-order valence-electron chi connectivity index (χ4n) is 2.45. The van der Waals surface area contributed by atoms with Gasteiger partial charge < -0.3 is 19.9 Å². The summed E-state index contributed by atoms with van der Waals surface area (Å²) in [5.74, 6) is 1.61. The zero-order valence-corrected chi connectivity index (χ0v) is 17.6. The van der Waals surface area contributed by atoms with E-state index in [2.05, 4.69) is 15.6 Å². The van der Waals surface area contributed by atoms with Crippen LogP contribution >= 0.6 is 24.0 Å². The van der Waals surface area contributed by atoms with Gasteiger partial charge in [-0.2, -0.15) is 0 Å². The highest BCUT2D eigenvalue weighted by Gasteiger charge is 2.00. The lowest BCUT2D eigenvalue weighted by Gasteiger charge is -2.12. The van der Waals surface area contributed by atoms with Crippen LogP contribution in [0.2, 0.25) is 0 Å². The van der Waals surface area contributed by atoms with E-state index in [4.69, 9.17) is 4.74 Å². The molecule has 0 aliphatic heterocycles. The molecule has 2 rings (SSSR count). The highest BCUT2D eigenvalue weighted by molar-refractivity contribution is 14.0. The van der Waals surface area contributed by atoms with Gasteiger partial charge in [-0.3, -0.25) is 9.79 Å². The van der Waals surface area contributed by atoms with Crippen molar-refractivity contribution >= 4 is 29.9 Å². The van der Waals surface area contributed by atoms with Crippen LogP contribution in [0.5, 0.6) is 5.75 Å². The largest absolute Gasteiger partial charge is 0.497 e. The first-order chi connectivity index (χ1) is 12.2. The van der Waals surface area contributed by atoms with Crippen LogP contribution < -0.4 is 20.9 Å². The second-order valence-corrected chi connectivity index (χ2v) is 5.64. The number of hydrogen-bond acceptors (Lipinski definition) is 3. The zero-order chi connectivity index (χ0) is 17.9. The van der Waals surface area contributed by atoms with Gasteiger partial charge in [0, 0.05) is 38.9 Å². The van der Waals surface area contributed by atoms with Crippen LogP contribution in [-0.2, 0) is 13.1 Å². The average Bonchev–Trinajstić information content (AvgIpc) is 2.65. The molecule has 0 unspecified atom stereocenters. The summed E-state index contributed by atoms with van der Waals surface area (Å²) in [6.07, 6.45) is 3.72. The fourth-order valence-corrected chi connectivity index (χ4v) is 2.45. The van der Waals surface area contributed by atoms with E-state index in [1.165, 1.54) is 0 Å². The third-order valence-electron chi connectivity index (χ3n) is 3.83. The van der Waals surface area contributed by atoms with Gasteiger partial charge in [0.2, 0.25) is 5.56 Å². The van der Waals surface area contributed by atoms with Gasteiger partial charge in [-0.15, -0.1) is 24.0 Å². The molecular weight excluding hydrogens is 443 g/mol. The molecule has 0 atom stereocenters. The molecule has 2 N–H and O–H groups in total. The van der Waals surface area contributed by atoms with Crippen LogP contribution in [0.15, 0.2) is 58.4 Å². The summed E-state index contributed by atoms with van der Waals surface area (Å²) < 4.78 is 6.96. The molecule has 26 heavy (non-hydrogen) atoms. The highest BCUT2D eigenvalue weighted by atomic mass is 127. The van der Waals surface area contributed by atoms with Crippen molar-refractivity contribution in [3.8, 4) is 5.75 Å². The van der Waals surface area contributed by atoms with E-state index in [-0.39, 0.29) is 29.5 Å². The van der Waals surface area contributed by atoms with Crippen LogP contribution in [0.4, 0.5) is 0 Å². The summed E-state index contributed by atoms with van der Waals surface area (Å²) in [4.78, 5) is 15.8. The van der Waals surface area contributed by atoms with Crippen molar-refractivity contribution < 1.29 is 4.74 Å². The number of aliphatic imine (C=N–C) groups is 1. The first-order valence-electron chi connectivity index (χ1n) is 8.46. The van der Waals surface area contributed by atoms with Crippen molar-refractivity contribution in [3.05, 3.63) is 64.6 Å². The maximum atomic E-state index is 11.6. The van der Waals surface area contributed by atoms with Gasteiger partial charge in [-0.1, -0.05) is 18.2 Å². The normalized spacial score (nSPS) is 10.8. The smallest absolute Gasteiger partial charge is 0.250 e.